The maximum Gasteiger partial charge on any atom is 0.211 e. The Kier molecular flexibility index (Phi) is 5.22. The molecule has 0 unspecified atom stereocenters. The second-order valence-electron chi connectivity index (χ2n) is 4.21. The molecular weight excluding hydrogens is 260 g/mol. The summed E-state index contributed by atoms with van der Waals surface area (Å²) in [4.78, 5) is 0. The first-order valence-electron chi connectivity index (χ1n) is 5.78. The minimum atomic E-state index is -3.22. The van der Waals surface area contributed by atoms with Gasteiger partial charge in [-0.25, -0.2) is 21.9 Å². The molecule has 0 fully saturated rings. The van der Waals surface area contributed by atoms with Gasteiger partial charge in [-0.3, -0.25) is 0 Å². The van der Waals surface area contributed by atoms with Gasteiger partial charge in [0.25, 0.3) is 0 Å². The van der Waals surface area contributed by atoms with Crippen molar-refractivity contribution in [3.8, 4) is 0 Å². The number of rotatable bonds is 6. The van der Waals surface area contributed by atoms with Crippen molar-refractivity contribution in [2.45, 2.75) is 32.7 Å². The minimum absolute atomic E-state index is 0.0303. The first-order chi connectivity index (χ1) is 8.34. The summed E-state index contributed by atoms with van der Waals surface area (Å²) in [6, 6.07) is 3.48. The Morgan fingerprint density at radius 3 is 2.50 bits per heavy atom. The Labute approximate surface area is 106 Å². The van der Waals surface area contributed by atoms with Gasteiger partial charge in [0.2, 0.25) is 10.0 Å². The number of aryl methyl sites for hydroxylation is 1. The predicted molar refractivity (Wildman–Crippen MR) is 66.7 cm³/mol. The minimum Gasteiger partial charge on any atom is -0.212 e. The molecule has 0 spiro atoms. The van der Waals surface area contributed by atoms with Gasteiger partial charge in [0.05, 0.1) is 5.75 Å². The van der Waals surface area contributed by atoms with Crippen LogP contribution < -0.4 is 4.72 Å². The van der Waals surface area contributed by atoms with E-state index >= 15 is 0 Å². The topological polar surface area (TPSA) is 46.2 Å². The highest BCUT2D eigenvalue weighted by Crippen LogP contribution is 2.11. The van der Waals surface area contributed by atoms with Gasteiger partial charge in [-0.1, -0.05) is 6.07 Å². The van der Waals surface area contributed by atoms with Crippen LogP contribution in [-0.4, -0.2) is 20.2 Å². The second kappa shape index (κ2) is 6.24. The van der Waals surface area contributed by atoms with Gasteiger partial charge in [-0.15, -0.1) is 0 Å². The number of hydrogen-bond donors (Lipinski definition) is 1. The maximum absolute atomic E-state index is 12.9. The Morgan fingerprint density at radius 1 is 1.28 bits per heavy atom. The summed E-state index contributed by atoms with van der Waals surface area (Å²) >= 11 is 0. The molecule has 1 aromatic rings. The van der Waals surface area contributed by atoms with E-state index in [0.29, 0.717) is 18.4 Å². The third-order valence-corrected chi connectivity index (χ3v) is 4.13. The van der Waals surface area contributed by atoms with E-state index in [1.807, 2.05) is 0 Å². The first-order valence-corrected chi connectivity index (χ1v) is 7.43. The predicted octanol–water partition coefficient (Wildman–Crippen LogP) is 2.23. The molecule has 0 aromatic heterocycles. The molecule has 0 heterocycles. The quantitative estimate of drug-likeness (QED) is 0.866. The molecule has 0 saturated carbocycles. The lowest BCUT2D eigenvalue weighted by atomic mass is 10.1. The third-order valence-electron chi connectivity index (χ3n) is 2.61. The molecule has 1 N–H and O–H groups in total. The van der Waals surface area contributed by atoms with Crippen LogP contribution in [0, 0.1) is 11.6 Å². The van der Waals surface area contributed by atoms with Crippen molar-refractivity contribution in [1.82, 2.24) is 4.72 Å². The average molecular weight is 277 g/mol. The van der Waals surface area contributed by atoms with Crippen LogP contribution in [-0.2, 0) is 16.4 Å². The van der Waals surface area contributed by atoms with Crippen LogP contribution in [0.3, 0.4) is 0 Å². The number of halogens is 2. The van der Waals surface area contributed by atoms with Crippen molar-refractivity contribution in [1.29, 1.82) is 0 Å². The van der Waals surface area contributed by atoms with E-state index in [2.05, 4.69) is 4.72 Å². The largest absolute Gasteiger partial charge is 0.212 e. The summed E-state index contributed by atoms with van der Waals surface area (Å²) in [7, 11) is -3.22. The molecule has 3 nitrogen and oxygen atoms in total. The molecule has 1 atom stereocenters. The molecular formula is C12H17F2NO2S. The normalized spacial score (nSPS) is 13.6. The van der Waals surface area contributed by atoms with Crippen molar-refractivity contribution >= 4 is 10.0 Å². The van der Waals surface area contributed by atoms with Crippen LogP contribution in [0.4, 0.5) is 8.78 Å². The highest BCUT2D eigenvalue weighted by molar-refractivity contribution is 7.89. The van der Waals surface area contributed by atoms with Gasteiger partial charge < -0.3 is 0 Å². The zero-order chi connectivity index (χ0) is 13.8. The number of nitrogens with one attached hydrogen (secondary N) is 1. The summed E-state index contributed by atoms with van der Waals surface area (Å²) in [5.74, 6) is -1.73. The third kappa shape index (κ3) is 4.70. The van der Waals surface area contributed by atoms with Crippen molar-refractivity contribution in [3.63, 3.8) is 0 Å². The van der Waals surface area contributed by atoms with E-state index in [4.69, 9.17) is 0 Å². The zero-order valence-corrected chi connectivity index (χ0v) is 11.2. The number of hydrogen-bond acceptors (Lipinski definition) is 2. The van der Waals surface area contributed by atoms with Gasteiger partial charge in [-0.2, -0.15) is 0 Å². The molecule has 0 bridgehead atoms. The highest BCUT2D eigenvalue weighted by atomic mass is 32.2. The lowest BCUT2D eigenvalue weighted by Gasteiger charge is -2.13. The summed E-state index contributed by atoms with van der Waals surface area (Å²) in [5, 5.41) is 0. The molecule has 0 aliphatic carbocycles. The summed E-state index contributed by atoms with van der Waals surface area (Å²) in [6.45, 7) is 3.30. The SMILES string of the molecule is CCS(=O)(=O)N[C@H](C)CCc1ccc(F)c(F)c1. The zero-order valence-electron chi connectivity index (χ0n) is 10.4. The van der Waals surface area contributed by atoms with Gasteiger partial charge in [-0.05, 0) is 44.4 Å². The molecule has 0 aliphatic heterocycles. The lowest BCUT2D eigenvalue weighted by Crippen LogP contribution is -2.34. The second-order valence-corrected chi connectivity index (χ2v) is 6.25. The van der Waals surface area contributed by atoms with Crippen molar-refractivity contribution < 1.29 is 17.2 Å². The van der Waals surface area contributed by atoms with Crippen LogP contribution >= 0.6 is 0 Å². The molecule has 0 aliphatic rings. The molecule has 0 saturated heterocycles. The first kappa shape index (κ1) is 15.0. The van der Waals surface area contributed by atoms with Crippen LogP contribution in [0.25, 0.3) is 0 Å². The Bertz CT molecular complexity index is 503. The van der Waals surface area contributed by atoms with E-state index in [0.717, 1.165) is 12.1 Å². The van der Waals surface area contributed by atoms with E-state index < -0.39 is 21.7 Å². The van der Waals surface area contributed by atoms with E-state index in [1.54, 1.807) is 13.8 Å². The summed E-state index contributed by atoms with van der Waals surface area (Å²) in [6.07, 6.45) is 1.02. The highest BCUT2D eigenvalue weighted by Gasteiger charge is 2.12. The lowest BCUT2D eigenvalue weighted by molar-refractivity contribution is 0.505. The van der Waals surface area contributed by atoms with Crippen molar-refractivity contribution in [2.75, 3.05) is 5.75 Å². The van der Waals surface area contributed by atoms with E-state index in [9.17, 15) is 17.2 Å². The fourth-order valence-corrected chi connectivity index (χ4v) is 2.42. The van der Waals surface area contributed by atoms with E-state index in [-0.39, 0.29) is 11.8 Å². The van der Waals surface area contributed by atoms with Crippen molar-refractivity contribution in [2.24, 2.45) is 0 Å². The maximum atomic E-state index is 12.9. The van der Waals surface area contributed by atoms with Crippen LogP contribution in [0.5, 0.6) is 0 Å². The molecule has 1 rings (SSSR count). The fraction of sp³-hybridized carbons (Fsp3) is 0.500. The number of sulfonamides is 1. The van der Waals surface area contributed by atoms with E-state index in [1.165, 1.54) is 6.07 Å². The molecule has 6 heteroatoms. The standard InChI is InChI=1S/C12H17F2NO2S/c1-3-18(16,17)15-9(2)4-5-10-6-7-11(13)12(14)8-10/h6-9,15H,3-5H2,1-2H3/t9-/m1/s1. The summed E-state index contributed by atoms with van der Waals surface area (Å²) < 4.78 is 50.7. The van der Waals surface area contributed by atoms with Gasteiger partial charge in [0.1, 0.15) is 0 Å². The van der Waals surface area contributed by atoms with Gasteiger partial charge in [0.15, 0.2) is 11.6 Å². The molecule has 0 radical (unpaired) electrons. The van der Waals surface area contributed by atoms with Gasteiger partial charge in [0, 0.05) is 6.04 Å². The van der Waals surface area contributed by atoms with Crippen LogP contribution in [0.2, 0.25) is 0 Å². The number of benzene rings is 1. The monoisotopic (exact) mass is 277 g/mol. The fourth-order valence-electron chi connectivity index (χ4n) is 1.53. The van der Waals surface area contributed by atoms with Crippen molar-refractivity contribution in [3.05, 3.63) is 35.4 Å². The Balaban J connectivity index is 2.52. The Hall–Kier alpha value is -1.01. The molecule has 18 heavy (non-hydrogen) atoms. The van der Waals surface area contributed by atoms with Gasteiger partial charge >= 0.3 is 0 Å². The average Bonchev–Trinajstić information content (AvgIpc) is 2.30. The molecule has 1 aromatic carbocycles. The molecule has 102 valence electrons. The Morgan fingerprint density at radius 2 is 1.94 bits per heavy atom. The van der Waals surface area contributed by atoms with Crippen LogP contribution in [0.15, 0.2) is 18.2 Å². The molecule has 0 amide bonds. The summed E-state index contributed by atoms with van der Waals surface area (Å²) in [5.41, 5.74) is 0.649. The van der Waals surface area contributed by atoms with Crippen LogP contribution in [0.1, 0.15) is 25.8 Å². The smallest absolute Gasteiger partial charge is 0.211 e.